The zero-order valence-corrected chi connectivity index (χ0v) is 14.3. The summed E-state index contributed by atoms with van der Waals surface area (Å²) in [7, 11) is 1.61. The Labute approximate surface area is 144 Å². The van der Waals surface area contributed by atoms with E-state index in [0.29, 0.717) is 11.0 Å². The third-order valence-electron chi connectivity index (χ3n) is 3.51. The highest BCUT2D eigenvalue weighted by atomic mass is 32.1. The van der Waals surface area contributed by atoms with Crippen LogP contribution in [0.2, 0.25) is 0 Å². The quantitative estimate of drug-likeness (QED) is 0.770. The van der Waals surface area contributed by atoms with Crippen molar-refractivity contribution in [2.45, 2.75) is 13.3 Å². The Morgan fingerprint density at radius 3 is 2.50 bits per heavy atom. The molecule has 0 bridgehead atoms. The highest BCUT2D eigenvalue weighted by Gasteiger charge is 2.10. The van der Waals surface area contributed by atoms with Gasteiger partial charge in [-0.05, 0) is 24.6 Å². The molecule has 0 unspecified atom stereocenters. The van der Waals surface area contributed by atoms with Crippen LogP contribution in [0.4, 0.5) is 5.13 Å². The van der Waals surface area contributed by atoms with E-state index in [1.165, 1.54) is 17.1 Å². The maximum Gasteiger partial charge on any atom is 0.230 e. The molecule has 0 fully saturated rings. The Morgan fingerprint density at radius 2 is 1.83 bits per heavy atom. The van der Waals surface area contributed by atoms with Crippen LogP contribution < -0.4 is 10.1 Å². The fourth-order valence-corrected chi connectivity index (χ4v) is 2.79. The standard InChI is InChI=1S/C18H17N3O2S/c1-12-3-7-14(8-4-12)17-20-18(24-21-17)19-16(22)11-13-5-9-15(23-2)10-6-13/h3-10H,11H2,1-2H3,(H,19,20,21,22). The van der Waals surface area contributed by atoms with Crippen LogP contribution in [0.5, 0.6) is 5.75 Å². The summed E-state index contributed by atoms with van der Waals surface area (Å²) in [6.45, 7) is 2.03. The van der Waals surface area contributed by atoms with Gasteiger partial charge in [0, 0.05) is 17.1 Å². The number of aromatic nitrogens is 2. The third kappa shape index (κ3) is 3.97. The van der Waals surface area contributed by atoms with Crippen molar-refractivity contribution in [1.82, 2.24) is 9.36 Å². The van der Waals surface area contributed by atoms with Gasteiger partial charge in [0.05, 0.1) is 13.5 Å². The molecular weight excluding hydrogens is 322 g/mol. The normalized spacial score (nSPS) is 10.4. The predicted molar refractivity (Wildman–Crippen MR) is 95.4 cm³/mol. The number of nitrogens with one attached hydrogen (secondary N) is 1. The minimum Gasteiger partial charge on any atom is -0.497 e. The maximum atomic E-state index is 12.1. The summed E-state index contributed by atoms with van der Waals surface area (Å²) in [6, 6.07) is 15.4. The Kier molecular flexibility index (Phi) is 4.86. The lowest BCUT2D eigenvalue weighted by atomic mass is 10.1. The summed E-state index contributed by atoms with van der Waals surface area (Å²) >= 11 is 1.18. The second-order valence-corrected chi connectivity index (χ2v) is 6.11. The summed E-state index contributed by atoms with van der Waals surface area (Å²) in [5.41, 5.74) is 3.03. The van der Waals surface area contributed by atoms with E-state index in [9.17, 15) is 4.79 Å². The first-order valence-electron chi connectivity index (χ1n) is 7.47. The summed E-state index contributed by atoms with van der Waals surface area (Å²) in [5, 5.41) is 3.30. The van der Waals surface area contributed by atoms with Gasteiger partial charge in [0.15, 0.2) is 5.82 Å². The first kappa shape index (κ1) is 16.1. The molecule has 1 N–H and O–H groups in total. The van der Waals surface area contributed by atoms with Gasteiger partial charge < -0.3 is 10.1 Å². The number of amides is 1. The molecule has 6 heteroatoms. The molecule has 0 saturated heterocycles. The van der Waals surface area contributed by atoms with E-state index in [1.807, 2.05) is 55.5 Å². The first-order chi connectivity index (χ1) is 11.6. The van der Waals surface area contributed by atoms with Gasteiger partial charge in [-0.1, -0.05) is 42.0 Å². The van der Waals surface area contributed by atoms with Gasteiger partial charge in [-0.3, -0.25) is 4.79 Å². The van der Waals surface area contributed by atoms with E-state index < -0.39 is 0 Å². The lowest BCUT2D eigenvalue weighted by molar-refractivity contribution is -0.115. The number of hydrogen-bond acceptors (Lipinski definition) is 5. The largest absolute Gasteiger partial charge is 0.497 e. The van der Waals surface area contributed by atoms with E-state index in [-0.39, 0.29) is 12.3 Å². The molecule has 1 heterocycles. The number of carbonyl (C=O) groups is 1. The van der Waals surface area contributed by atoms with Crippen molar-refractivity contribution < 1.29 is 9.53 Å². The Balaban J connectivity index is 1.63. The SMILES string of the molecule is COc1ccc(CC(=O)Nc2nc(-c3ccc(C)cc3)ns2)cc1. The van der Waals surface area contributed by atoms with E-state index in [2.05, 4.69) is 14.7 Å². The summed E-state index contributed by atoms with van der Waals surface area (Å²) < 4.78 is 9.40. The minimum absolute atomic E-state index is 0.119. The predicted octanol–water partition coefficient (Wildman–Crippen LogP) is 3.70. The average molecular weight is 339 g/mol. The number of methoxy groups -OCH3 is 1. The van der Waals surface area contributed by atoms with Gasteiger partial charge in [0.2, 0.25) is 11.0 Å². The van der Waals surface area contributed by atoms with Crippen molar-refractivity contribution >= 4 is 22.6 Å². The lowest BCUT2D eigenvalue weighted by Gasteiger charge is -2.03. The molecule has 0 aliphatic carbocycles. The zero-order chi connectivity index (χ0) is 16.9. The van der Waals surface area contributed by atoms with E-state index in [4.69, 9.17) is 4.74 Å². The maximum absolute atomic E-state index is 12.1. The number of benzene rings is 2. The monoisotopic (exact) mass is 339 g/mol. The van der Waals surface area contributed by atoms with Crippen LogP contribution in [0.1, 0.15) is 11.1 Å². The fraction of sp³-hybridized carbons (Fsp3) is 0.167. The zero-order valence-electron chi connectivity index (χ0n) is 13.4. The Morgan fingerprint density at radius 1 is 1.12 bits per heavy atom. The van der Waals surface area contributed by atoms with Gasteiger partial charge in [-0.2, -0.15) is 9.36 Å². The van der Waals surface area contributed by atoms with Crippen molar-refractivity contribution in [3.8, 4) is 17.1 Å². The van der Waals surface area contributed by atoms with Gasteiger partial charge in [0.1, 0.15) is 5.75 Å². The van der Waals surface area contributed by atoms with E-state index >= 15 is 0 Å². The molecule has 3 aromatic rings. The first-order valence-corrected chi connectivity index (χ1v) is 8.25. The molecule has 24 heavy (non-hydrogen) atoms. The molecule has 1 aromatic heterocycles. The number of carbonyl (C=O) groups excluding carboxylic acids is 1. The number of rotatable bonds is 5. The number of aryl methyl sites for hydroxylation is 1. The van der Waals surface area contributed by atoms with E-state index in [1.54, 1.807) is 7.11 Å². The highest BCUT2D eigenvalue weighted by Crippen LogP contribution is 2.21. The molecular formula is C18H17N3O2S. The van der Waals surface area contributed by atoms with Crippen molar-refractivity contribution in [3.05, 3.63) is 59.7 Å². The molecule has 122 valence electrons. The Hall–Kier alpha value is -2.73. The van der Waals surface area contributed by atoms with Gasteiger partial charge in [-0.25, -0.2) is 0 Å². The van der Waals surface area contributed by atoms with Crippen molar-refractivity contribution in [2.24, 2.45) is 0 Å². The van der Waals surface area contributed by atoms with E-state index in [0.717, 1.165) is 16.9 Å². The Bertz CT molecular complexity index is 826. The number of anilines is 1. The molecule has 0 radical (unpaired) electrons. The highest BCUT2D eigenvalue weighted by molar-refractivity contribution is 7.10. The second-order valence-electron chi connectivity index (χ2n) is 5.36. The number of ether oxygens (including phenoxy) is 1. The molecule has 2 aromatic carbocycles. The topological polar surface area (TPSA) is 64.1 Å². The summed E-state index contributed by atoms with van der Waals surface area (Å²) in [4.78, 5) is 16.5. The van der Waals surface area contributed by atoms with Crippen molar-refractivity contribution in [1.29, 1.82) is 0 Å². The van der Waals surface area contributed by atoms with Gasteiger partial charge in [-0.15, -0.1) is 0 Å². The van der Waals surface area contributed by atoms with Crippen LogP contribution in [-0.2, 0) is 11.2 Å². The summed E-state index contributed by atoms with van der Waals surface area (Å²) in [6.07, 6.45) is 0.281. The summed E-state index contributed by atoms with van der Waals surface area (Å²) in [5.74, 6) is 1.28. The molecule has 0 aliphatic rings. The fourth-order valence-electron chi connectivity index (χ4n) is 2.19. The van der Waals surface area contributed by atoms with Crippen LogP contribution in [0.3, 0.4) is 0 Å². The molecule has 0 spiro atoms. The molecule has 1 amide bonds. The average Bonchev–Trinajstić information content (AvgIpc) is 3.04. The van der Waals surface area contributed by atoms with Crippen LogP contribution in [0.25, 0.3) is 11.4 Å². The van der Waals surface area contributed by atoms with Crippen molar-refractivity contribution in [3.63, 3.8) is 0 Å². The van der Waals surface area contributed by atoms with Crippen LogP contribution in [-0.4, -0.2) is 22.4 Å². The number of hydrogen-bond donors (Lipinski definition) is 1. The molecule has 3 rings (SSSR count). The van der Waals surface area contributed by atoms with Crippen LogP contribution >= 0.6 is 11.5 Å². The van der Waals surface area contributed by atoms with Crippen LogP contribution in [0, 0.1) is 6.92 Å². The van der Waals surface area contributed by atoms with Gasteiger partial charge in [0.25, 0.3) is 0 Å². The second kappa shape index (κ2) is 7.23. The smallest absolute Gasteiger partial charge is 0.230 e. The molecule has 5 nitrogen and oxygen atoms in total. The third-order valence-corrected chi connectivity index (χ3v) is 4.14. The minimum atomic E-state index is -0.119. The number of nitrogens with zero attached hydrogens (tertiary/aromatic N) is 2. The molecule has 0 aliphatic heterocycles. The lowest BCUT2D eigenvalue weighted by Crippen LogP contribution is -2.14. The van der Waals surface area contributed by atoms with Crippen molar-refractivity contribution in [2.75, 3.05) is 12.4 Å². The molecule has 0 atom stereocenters. The van der Waals surface area contributed by atoms with Crippen LogP contribution in [0.15, 0.2) is 48.5 Å². The molecule has 0 saturated carbocycles. The van der Waals surface area contributed by atoms with Gasteiger partial charge >= 0.3 is 0 Å².